The molecule has 1 aliphatic heterocycles. The Kier molecular flexibility index (Phi) is 6.04. The van der Waals surface area contributed by atoms with Gasteiger partial charge in [0.1, 0.15) is 24.1 Å². The molecule has 2 aromatic rings. The minimum atomic E-state index is -1.85. The van der Waals surface area contributed by atoms with Crippen LogP contribution in [0.15, 0.2) is 36.4 Å². The Balaban J connectivity index is 1.76. The van der Waals surface area contributed by atoms with Gasteiger partial charge in [0.25, 0.3) is 0 Å². The Labute approximate surface area is 166 Å². The number of benzene rings is 2. The van der Waals surface area contributed by atoms with Gasteiger partial charge in [0, 0.05) is 0 Å². The predicted molar refractivity (Wildman–Crippen MR) is 99.3 cm³/mol. The molecule has 6 atom stereocenters. The topological polar surface area (TPSA) is 143 Å². The van der Waals surface area contributed by atoms with Crippen LogP contribution in [0.5, 0.6) is 5.75 Å². The molecule has 9 heteroatoms. The number of methoxy groups -OCH3 is 1. The zero-order chi connectivity index (χ0) is 21.3. The normalized spacial score (nSPS) is 28.0. The number of fused-ring (bicyclic) bond motifs is 1. The van der Waals surface area contributed by atoms with E-state index in [0.717, 1.165) is 10.8 Å². The molecule has 1 fully saturated rings. The smallest absolute Gasteiger partial charge is 0.335 e. The minimum absolute atomic E-state index is 0.633. The SMILES string of the molecule is COc1ccc2cc([C@H](C)C(=O)O[C@H]3O[C@@H](C(=O)O)[C@H](O)[C@@H](O)[C@@H]3O)ccc2c1. The number of aliphatic carboxylic acids is 1. The molecule has 4 N–H and O–H groups in total. The zero-order valence-electron chi connectivity index (χ0n) is 15.8. The van der Waals surface area contributed by atoms with Gasteiger partial charge < -0.3 is 34.6 Å². The van der Waals surface area contributed by atoms with E-state index in [1.165, 1.54) is 0 Å². The van der Waals surface area contributed by atoms with Crippen molar-refractivity contribution in [1.29, 1.82) is 0 Å². The van der Waals surface area contributed by atoms with Crippen LogP contribution in [0.4, 0.5) is 0 Å². The molecule has 156 valence electrons. The third kappa shape index (κ3) is 4.18. The highest BCUT2D eigenvalue weighted by molar-refractivity contribution is 5.86. The Morgan fingerprint density at radius 2 is 1.66 bits per heavy atom. The molecular formula is C20H22O9. The van der Waals surface area contributed by atoms with E-state index in [9.17, 15) is 24.9 Å². The van der Waals surface area contributed by atoms with Crippen LogP contribution in [0, 0.1) is 0 Å². The Bertz CT molecular complexity index is 912. The fraction of sp³-hybridized carbons (Fsp3) is 0.400. The molecule has 1 heterocycles. The average Bonchev–Trinajstić information content (AvgIpc) is 2.72. The highest BCUT2D eigenvalue weighted by atomic mass is 16.7. The van der Waals surface area contributed by atoms with E-state index in [1.54, 1.807) is 32.2 Å². The largest absolute Gasteiger partial charge is 0.497 e. The molecule has 1 saturated heterocycles. The summed E-state index contributed by atoms with van der Waals surface area (Å²) in [6.07, 6.45) is -9.05. The first kappa shape index (κ1) is 21.0. The first-order valence-corrected chi connectivity index (χ1v) is 8.93. The molecular weight excluding hydrogens is 384 g/mol. The monoisotopic (exact) mass is 406 g/mol. The van der Waals surface area contributed by atoms with Gasteiger partial charge in [0.15, 0.2) is 6.10 Å². The van der Waals surface area contributed by atoms with E-state index >= 15 is 0 Å². The van der Waals surface area contributed by atoms with Crippen molar-refractivity contribution in [2.75, 3.05) is 7.11 Å². The Morgan fingerprint density at radius 1 is 1.00 bits per heavy atom. The Hall–Kier alpha value is -2.72. The van der Waals surface area contributed by atoms with Crippen LogP contribution in [-0.4, -0.2) is 70.2 Å². The molecule has 0 amide bonds. The van der Waals surface area contributed by atoms with Crippen LogP contribution in [0.3, 0.4) is 0 Å². The second-order valence-corrected chi connectivity index (χ2v) is 6.87. The summed E-state index contributed by atoms with van der Waals surface area (Å²) in [6, 6.07) is 10.9. The lowest BCUT2D eigenvalue weighted by Gasteiger charge is -2.38. The summed E-state index contributed by atoms with van der Waals surface area (Å²) in [5, 5.41) is 40.3. The van der Waals surface area contributed by atoms with Crippen molar-refractivity contribution in [3.05, 3.63) is 42.0 Å². The summed E-state index contributed by atoms with van der Waals surface area (Å²) in [5.74, 6) is -2.39. The van der Waals surface area contributed by atoms with Gasteiger partial charge in [0.05, 0.1) is 13.0 Å². The molecule has 0 radical (unpaired) electrons. The van der Waals surface area contributed by atoms with Crippen LogP contribution >= 0.6 is 0 Å². The number of rotatable bonds is 5. The van der Waals surface area contributed by atoms with E-state index in [4.69, 9.17) is 19.3 Å². The number of carbonyl (C=O) groups is 2. The second kappa shape index (κ2) is 8.34. The second-order valence-electron chi connectivity index (χ2n) is 6.87. The molecule has 29 heavy (non-hydrogen) atoms. The highest BCUT2D eigenvalue weighted by Crippen LogP contribution is 2.28. The third-order valence-electron chi connectivity index (χ3n) is 4.97. The first-order chi connectivity index (χ1) is 13.7. The molecule has 2 aromatic carbocycles. The molecule has 0 spiro atoms. The number of ether oxygens (including phenoxy) is 3. The highest BCUT2D eigenvalue weighted by Gasteiger charge is 2.48. The molecule has 3 rings (SSSR count). The van der Waals surface area contributed by atoms with Gasteiger partial charge in [-0.15, -0.1) is 0 Å². The lowest BCUT2D eigenvalue weighted by atomic mass is 9.97. The number of esters is 1. The van der Waals surface area contributed by atoms with E-state index in [-0.39, 0.29) is 0 Å². The van der Waals surface area contributed by atoms with Gasteiger partial charge in [-0.1, -0.05) is 24.3 Å². The van der Waals surface area contributed by atoms with Crippen molar-refractivity contribution in [2.45, 2.75) is 43.5 Å². The standard InChI is InChI=1S/C20H22O9/c1-9(10-3-4-12-8-13(27-2)6-5-11(12)7-10)19(26)29-20-16(23)14(21)15(22)17(28-20)18(24)25/h3-9,14-17,20-23H,1-2H3,(H,24,25)/t9-,14+,15+,16-,17+,20+/m0/s1. The lowest BCUT2D eigenvalue weighted by molar-refractivity contribution is -0.286. The summed E-state index contributed by atoms with van der Waals surface area (Å²) >= 11 is 0. The van der Waals surface area contributed by atoms with E-state index in [0.29, 0.717) is 11.3 Å². The average molecular weight is 406 g/mol. The van der Waals surface area contributed by atoms with Crippen LogP contribution in [0.25, 0.3) is 10.8 Å². The minimum Gasteiger partial charge on any atom is -0.497 e. The molecule has 0 saturated carbocycles. The van der Waals surface area contributed by atoms with Gasteiger partial charge in [-0.3, -0.25) is 4.79 Å². The van der Waals surface area contributed by atoms with Crippen molar-refractivity contribution in [3.8, 4) is 5.75 Å². The maximum Gasteiger partial charge on any atom is 0.335 e. The molecule has 1 aliphatic rings. The summed E-state index contributed by atoms with van der Waals surface area (Å²) < 4.78 is 15.3. The number of carboxylic acids is 1. The van der Waals surface area contributed by atoms with Gasteiger partial charge in [-0.05, 0) is 35.4 Å². The zero-order valence-corrected chi connectivity index (χ0v) is 15.8. The van der Waals surface area contributed by atoms with Gasteiger partial charge in [-0.2, -0.15) is 0 Å². The van der Waals surface area contributed by atoms with E-state index in [2.05, 4.69) is 0 Å². The lowest BCUT2D eigenvalue weighted by Crippen LogP contribution is -2.60. The first-order valence-electron chi connectivity index (χ1n) is 8.93. The number of hydrogen-bond donors (Lipinski definition) is 4. The molecule has 0 unspecified atom stereocenters. The van der Waals surface area contributed by atoms with Crippen molar-refractivity contribution in [2.24, 2.45) is 0 Å². The summed E-state index contributed by atoms with van der Waals surface area (Å²) in [4.78, 5) is 23.7. The number of aliphatic hydroxyl groups is 3. The number of aliphatic hydroxyl groups excluding tert-OH is 3. The van der Waals surface area contributed by atoms with Crippen LogP contribution in [-0.2, 0) is 19.1 Å². The van der Waals surface area contributed by atoms with Crippen LogP contribution < -0.4 is 4.74 Å². The molecule has 0 aliphatic carbocycles. The summed E-state index contributed by atoms with van der Waals surface area (Å²) in [5.41, 5.74) is 0.633. The quantitative estimate of drug-likeness (QED) is 0.518. The number of carbonyl (C=O) groups excluding carboxylic acids is 1. The fourth-order valence-corrected chi connectivity index (χ4v) is 3.14. The van der Waals surface area contributed by atoms with Crippen LogP contribution in [0.2, 0.25) is 0 Å². The summed E-state index contributed by atoms with van der Waals surface area (Å²) in [6.45, 7) is 1.59. The van der Waals surface area contributed by atoms with E-state index < -0.39 is 48.6 Å². The van der Waals surface area contributed by atoms with Crippen molar-refractivity contribution in [3.63, 3.8) is 0 Å². The van der Waals surface area contributed by atoms with Gasteiger partial charge in [-0.25, -0.2) is 4.79 Å². The molecule has 0 aromatic heterocycles. The number of carboxylic acid groups (broad SMARTS) is 1. The Morgan fingerprint density at radius 3 is 2.31 bits per heavy atom. The van der Waals surface area contributed by atoms with Crippen molar-refractivity contribution < 1.29 is 44.2 Å². The predicted octanol–water partition coefficient (Wildman–Crippen LogP) is 0.387. The van der Waals surface area contributed by atoms with Crippen LogP contribution in [0.1, 0.15) is 18.4 Å². The molecule has 0 bridgehead atoms. The van der Waals surface area contributed by atoms with Crippen molar-refractivity contribution >= 4 is 22.7 Å². The third-order valence-corrected chi connectivity index (χ3v) is 4.97. The maximum absolute atomic E-state index is 12.5. The molecule has 9 nitrogen and oxygen atoms in total. The fourth-order valence-electron chi connectivity index (χ4n) is 3.14. The van der Waals surface area contributed by atoms with Gasteiger partial charge in [0.2, 0.25) is 6.29 Å². The van der Waals surface area contributed by atoms with Crippen molar-refractivity contribution in [1.82, 2.24) is 0 Å². The van der Waals surface area contributed by atoms with E-state index in [1.807, 2.05) is 18.2 Å². The maximum atomic E-state index is 12.5. The number of hydrogen-bond acceptors (Lipinski definition) is 8. The summed E-state index contributed by atoms with van der Waals surface area (Å²) in [7, 11) is 1.57. The van der Waals surface area contributed by atoms with Gasteiger partial charge >= 0.3 is 11.9 Å².